The zero-order chi connectivity index (χ0) is 21.8. The molecule has 3 heterocycles. The number of piperidine rings is 1. The van der Waals surface area contributed by atoms with Crippen LogP contribution in [0.15, 0.2) is 36.7 Å². The van der Waals surface area contributed by atoms with Gasteiger partial charge in [0.05, 0.1) is 18.1 Å². The molecule has 1 aromatic carbocycles. The monoisotopic (exact) mass is 423 g/mol. The minimum absolute atomic E-state index is 0.117. The van der Waals surface area contributed by atoms with Gasteiger partial charge in [0.15, 0.2) is 0 Å². The minimum atomic E-state index is -0.822. The first kappa shape index (κ1) is 21.6. The van der Waals surface area contributed by atoms with Crippen LogP contribution in [0, 0.1) is 0 Å². The van der Waals surface area contributed by atoms with Gasteiger partial charge in [0.25, 0.3) is 5.91 Å². The van der Waals surface area contributed by atoms with Crippen molar-refractivity contribution in [3.63, 3.8) is 0 Å². The first-order valence-corrected chi connectivity index (χ1v) is 11.4. The number of nitrogens with zero attached hydrogens (tertiary/aromatic N) is 3. The van der Waals surface area contributed by atoms with E-state index in [1.54, 1.807) is 6.20 Å². The SMILES string of the molecule is C[C@H]1CCC[C@@](C)(CCCCCN2C(=O)C(c3cncc(N)n3)Oc3ccccc32)N1. The second-order valence-electron chi connectivity index (χ2n) is 9.13. The van der Waals surface area contributed by atoms with E-state index < -0.39 is 6.10 Å². The van der Waals surface area contributed by atoms with Crippen molar-refractivity contribution in [1.82, 2.24) is 15.3 Å². The number of fused-ring (bicyclic) bond motifs is 1. The van der Waals surface area contributed by atoms with Crippen LogP contribution in [0.25, 0.3) is 0 Å². The molecule has 7 nitrogen and oxygen atoms in total. The number of carbonyl (C=O) groups is 1. The summed E-state index contributed by atoms with van der Waals surface area (Å²) in [7, 11) is 0. The van der Waals surface area contributed by atoms with E-state index >= 15 is 0 Å². The van der Waals surface area contributed by atoms with Gasteiger partial charge in [-0.25, -0.2) is 4.98 Å². The van der Waals surface area contributed by atoms with Gasteiger partial charge in [-0.05, 0) is 51.7 Å². The molecule has 2 aliphatic rings. The van der Waals surface area contributed by atoms with Gasteiger partial charge in [-0.1, -0.05) is 31.4 Å². The predicted molar refractivity (Wildman–Crippen MR) is 122 cm³/mol. The molecule has 0 radical (unpaired) electrons. The van der Waals surface area contributed by atoms with E-state index in [-0.39, 0.29) is 17.3 Å². The molecular weight excluding hydrogens is 390 g/mol. The Balaban J connectivity index is 1.39. The number of aromatic nitrogens is 2. The van der Waals surface area contributed by atoms with Gasteiger partial charge >= 0.3 is 0 Å². The molecule has 1 aromatic heterocycles. The van der Waals surface area contributed by atoms with Crippen molar-refractivity contribution in [2.24, 2.45) is 0 Å². The number of benzene rings is 1. The maximum Gasteiger partial charge on any atom is 0.274 e. The van der Waals surface area contributed by atoms with Gasteiger partial charge < -0.3 is 20.7 Å². The lowest BCUT2D eigenvalue weighted by atomic mass is 9.84. The molecule has 2 aromatic rings. The number of hydrogen-bond acceptors (Lipinski definition) is 6. The van der Waals surface area contributed by atoms with Gasteiger partial charge in [0.1, 0.15) is 17.3 Å². The summed E-state index contributed by atoms with van der Waals surface area (Å²) in [5.74, 6) is 0.844. The summed E-state index contributed by atoms with van der Waals surface area (Å²) in [5.41, 5.74) is 7.28. The third-order valence-electron chi connectivity index (χ3n) is 6.40. The van der Waals surface area contributed by atoms with Crippen LogP contribution in [0.2, 0.25) is 0 Å². The van der Waals surface area contributed by atoms with E-state index in [9.17, 15) is 4.79 Å². The fourth-order valence-corrected chi connectivity index (χ4v) is 4.85. The molecule has 2 aliphatic heterocycles. The Kier molecular flexibility index (Phi) is 6.41. The Morgan fingerprint density at radius 2 is 2.10 bits per heavy atom. The van der Waals surface area contributed by atoms with Crippen molar-refractivity contribution in [3.05, 3.63) is 42.4 Å². The van der Waals surface area contributed by atoms with Crippen LogP contribution in [0.1, 0.15) is 70.6 Å². The molecule has 0 spiro atoms. The summed E-state index contributed by atoms with van der Waals surface area (Å²) in [6.07, 6.45) is 10.4. The van der Waals surface area contributed by atoms with Crippen LogP contribution in [-0.4, -0.2) is 34.0 Å². The van der Waals surface area contributed by atoms with Crippen molar-refractivity contribution in [1.29, 1.82) is 0 Å². The fraction of sp³-hybridized carbons (Fsp3) is 0.542. The highest BCUT2D eigenvalue weighted by molar-refractivity contribution is 6.00. The van der Waals surface area contributed by atoms with Crippen LogP contribution >= 0.6 is 0 Å². The zero-order valence-electron chi connectivity index (χ0n) is 18.5. The maximum atomic E-state index is 13.3. The topological polar surface area (TPSA) is 93.4 Å². The van der Waals surface area contributed by atoms with Gasteiger partial charge in [0, 0.05) is 18.1 Å². The molecule has 31 heavy (non-hydrogen) atoms. The average molecular weight is 424 g/mol. The molecule has 1 saturated heterocycles. The van der Waals surface area contributed by atoms with E-state index in [0.29, 0.717) is 24.0 Å². The lowest BCUT2D eigenvalue weighted by Crippen LogP contribution is -2.50. The maximum absolute atomic E-state index is 13.3. The number of ether oxygens (including phenoxy) is 1. The second-order valence-corrected chi connectivity index (χ2v) is 9.13. The molecule has 0 bridgehead atoms. The molecule has 1 fully saturated rings. The van der Waals surface area contributed by atoms with E-state index in [2.05, 4.69) is 29.1 Å². The van der Waals surface area contributed by atoms with E-state index in [0.717, 1.165) is 24.9 Å². The number of para-hydroxylation sites is 2. The Morgan fingerprint density at radius 1 is 1.26 bits per heavy atom. The summed E-state index contributed by atoms with van der Waals surface area (Å²) < 4.78 is 5.99. The number of nitrogens with two attached hydrogens (primary N) is 1. The molecule has 1 unspecified atom stereocenters. The standard InChI is InChI=1S/C24H33N5O2/c1-17-9-8-13-24(2,28-17)12-6-3-7-14-29-19-10-4-5-11-20(19)31-22(23(29)30)18-15-26-16-21(25)27-18/h4-5,10-11,15-17,22,28H,3,6-9,12-14H2,1-2H3,(H2,25,27)/t17-,22?,24+/m0/s1. The molecular formula is C24H33N5O2. The number of carbonyl (C=O) groups excluding carboxylic acids is 1. The quantitative estimate of drug-likeness (QED) is 0.654. The van der Waals surface area contributed by atoms with Crippen molar-refractivity contribution < 1.29 is 9.53 Å². The number of anilines is 2. The largest absolute Gasteiger partial charge is 0.472 e. The van der Waals surface area contributed by atoms with Crippen LogP contribution < -0.4 is 20.7 Å². The summed E-state index contributed by atoms with van der Waals surface area (Å²) in [5, 5.41) is 3.78. The predicted octanol–water partition coefficient (Wildman–Crippen LogP) is 4.01. The van der Waals surface area contributed by atoms with Gasteiger partial charge in [-0.3, -0.25) is 9.78 Å². The zero-order valence-corrected chi connectivity index (χ0v) is 18.5. The van der Waals surface area contributed by atoms with Crippen LogP contribution in [-0.2, 0) is 4.79 Å². The minimum Gasteiger partial charge on any atom is -0.472 e. The summed E-state index contributed by atoms with van der Waals surface area (Å²) in [4.78, 5) is 23.4. The van der Waals surface area contributed by atoms with Crippen molar-refractivity contribution in [3.8, 4) is 5.75 Å². The highest BCUT2D eigenvalue weighted by atomic mass is 16.5. The second kappa shape index (κ2) is 9.22. The highest BCUT2D eigenvalue weighted by Gasteiger charge is 2.36. The van der Waals surface area contributed by atoms with Crippen LogP contribution in [0.4, 0.5) is 11.5 Å². The Hall–Kier alpha value is -2.67. The van der Waals surface area contributed by atoms with Gasteiger partial charge in [-0.2, -0.15) is 0 Å². The summed E-state index contributed by atoms with van der Waals surface area (Å²) >= 11 is 0. The first-order chi connectivity index (χ1) is 15.0. The Morgan fingerprint density at radius 3 is 2.90 bits per heavy atom. The molecule has 166 valence electrons. The molecule has 4 rings (SSSR count). The third-order valence-corrected chi connectivity index (χ3v) is 6.40. The number of hydrogen-bond donors (Lipinski definition) is 2. The number of nitrogen functional groups attached to an aromatic ring is 1. The molecule has 0 saturated carbocycles. The summed E-state index contributed by atoms with van der Waals surface area (Å²) in [6.45, 7) is 5.29. The highest BCUT2D eigenvalue weighted by Crippen LogP contribution is 2.38. The van der Waals surface area contributed by atoms with Crippen molar-refractivity contribution in [2.45, 2.75) is 76.5 Å². The molecule has 1 amide bonds. The smallest absolute Gasteiger partial charge is 0.274 e. The molecule has 7 heteroatoms. The van der Waals surface area contributed by atoms with E-state index in [1.165, 1.54) is 31.9 Å². The molecule has 3 atom stereocenters. The number of nitrogens with one attached hydrogen (secondary N) is 1. The van der Waals surface area contributed by atoms with Crippen LogP contribution in [0.5, 0.6) is 5.75 Å². The molecule has 0 aliphatic carbocycles. The third kappa shape index (κ3) is 4.98. The van der Waals surface area contributed by atoms with Gasteiger partial charge in [0.2, 0.25) is 6.10 Å². The van der Waals surface area contributed by atoms with E-state index in [4.69, 9.17) is 10.5 Å². The summed E-state index contributed by atoms with van der Waals surface area (Å²) in [6, 6.07) is 8.27. The normalized spacial score (nSPS) is 25.7. The van der Waals surface area contributed by atoms with Crippen molar-refractivity contribution in [2.75, 3.05) is 17.2 Å². The number of unbranched alkanes of at least 4 members (excludes halogenated alkanes) is 2. The first-order valence-electron chi connectivity index (χ1n) is 11.4. The van der Waals surface area contributed by atoms with E-state index in [1.807, 2.05) is 29.2 Å². The lowest BCUT2D eigenvalue weighted by molar-refractivity contribution is -0.126. The number of rotatable bonds is 7. The average Bonchev–Trinajstić information content (AvgIpc) is 2.74. The fourth-order valence-electron chi connectivity index (χ4n) is 4.85. The lowest BCUT2D eigenvalue weighted by Gasteiger charge is -2.39. The van der Waals surface area contributed by atoms with Gasteiger partial charge in [-0.15, -0.1) is 0 Å². The Bertz CT molecular complexity index is 920. The molecule has 3 N–H and O–H groups in total. The number of amides is 1. The van der Waals surface area contributed by atoms with Crippen LogP contribution in [0.3, 0.4) is 0 Å². The van der Waals surface area contributed by atoms with Crippen molar-refractivity contribution >= 4 is 17.4 Å². The Labute approximate surface area is 184 Å².